The van der Waals surface area contributed by atoms with Crippen LogP contribution in [-0.2, 0) is 4.79 Å². The van der Waals surface area contributed by atoms with Crippen molar-refractivity contribution in [3.63, 3.8) is 0 Å². The zero-order valence-electron chi connectivity index (χ0n) is 18.5. The van der Waals surface area contributed by atoms with Gasteiger partial charge in [-0.2, -0.15) is 11.8 Å². The van der Waals surface area contributed by atoms with Crippen LogP contribution >= 0.6 is 39.0 Å². The summed E-state index contributed by atoms with van der Waals surface area (Å²) in [4.78, 5) is 49.4. The smallest absolute Gasteiger partial charge is 0.262 e. The van der Waals surface area contributed by atoms with E-state index < -0.39 is 23.8 Å². The van der Waals surface area contributed by atoms with Gasteiger partial charge in [0.1, 0.15) is 11.0 Å². The molecule has 0 radical (unpaired) electrons. The number of amides is 3. The molecule has 0 bridgehead atoms. The Morgan fingerprint density at radius 2 is 1.86 bits per heavy atom. The number of fused-ring (bicyclic) bond motifs is 2. The third-order valence-corrected chi connectivity index (χ3v) is 7.86. The number of imide groups is 1. The zero-order valence-corrected chi connectivity index (χ0v) is 21.7. The Hall–Kier alpha value is -3.08. The van der Waals surface area contributed by atoms with Crippen molar-refractivity contribution in [1.82, 2.24) is 14.9 Å². The maximum Gasteiger partial charge on any atom is 0.262 e. The molecule has 0 spiro atoms. The first-order chi connectivity index (χ1) is 17.0. The van der Waals surface area contributed by atoms with Crippen molar-refractivity contribution in [3.8, 4) is 10.6 Å². The van der Waals surface area contributed by atoms with Crippen molar-refractivity contribution < 1.29 is 14.4 Å². The van der Waals surface area contributed by atoms with E-state index in [1.54, 1.807) is 54.5 Å². The second kappa shape index (κ2) is 9.88. The molecule has 4 aromatic rings. The monoisotopic (exact) mass is 566 g/mol. The minimum atomic E-state index is -0.932. The molecule has 1 unspecified atom stereocenters. The second-order valence-corrected chi connectivity index (χ2v) is 10.8. The highest BCUT2D eigenvalue weighted by Crippen LogP contribution is 2.32. The highest BCUT2D eigenvalue weighted by atomic mass is 79.9. The third kappa shape index (κ3) is 4.61. The molecule has 176 valence electrons. The van der Waals surface area contributed by atoms with E-state index in [0.29, 0.717) is 29.0 Å². The lowest BCUT2D eigenvalue weighted by Gasteiger charge is -2.25. The molecule has 1 atom stereocenters. The van der Waals surface area contributed by atoms with E-state index in [-0.39, 0.29) is 0 Å². The van der Waals surface area contributed by atoms with Crippen LogP contribution in [0.4, 0.5) is 5.69 Å². The van der Waals surface area contributed by atoms with Crippen molar-refractivity contribution in [1.29, 1.82) is 0 Å². The van der Waals surface area contributed by atoms with E-state index in [9.17, 15) is 14.4 Å². The molecule has 0 saturated carbocycles. The van der Waals surface area contributed by atoms with Crippen LogP contribution in [0.2, 0.25) is 0 Å². The molecule has 7 nitrogen and oxygen atoms in total. The number of hydrogen-bond acceptors (Lipinski definition) is 7. The topological polar surface area (TPSA) is 92.3 Å². The molecular weight excluding hydrogens is 548 g/mol. The van der Waals surface area contributed by atoms with Crippen molar-refractivity contribution in [2.24, 2.45) is 0 Å². The third-order valence-electron chi connectivity index (χ3n) is 5.64. The molecule has 1 aliphatic heterocycles. The van der Waals surface area contributed by atoms with Crippen LogP contribution in [0, 0.1) is 0 Å². The first-order valence-corrected chi connectivity index (χ1v) is 13.7. The Labute approximate surface area is 218 Å². The van der Waals surface area contributed by atoms with Gasteiger partial charge in [-0.05, 0) is 54.8 Å². The average Bonchev–Trinajstić information content (AvgIpc) is 3.39. The molecule has 10 heteroatoms. The van der Waals surface area contributed by atoms with Gasteiger partial charge >= 0.3 is 0 Å². The Morgan fingerprint density at radius 3 is 2.57 bits per heavy atom. The van der Waals surface area contributed by atoms with Gasteiger partial charge in [0.15, 0.2) is 0 Å². The number of carbonyl (C=O) groups excluding carboxylic acids is 3. The number of benzene rings is 2. The van der Waals surface area contributed by atoms with Gasteiger partial charge in [0.25, 0.3) is 11.8 Å². The summed E-state index contributed by atoms with van der Waals surface area (Å²) in [5.41, 5.74) is 2.76. The van der Waals surface area contributed by atoms with Gasteiger partial charge < -0.3 is 5.32 Å². The van der Waals surface area contributed by atoms with Crippen molar-refractivity contribution in [2.45, 2.75) is 12.5 Å². The van der Waals surface area contributed by atoms with Gasteiger partial charge in [-0.15, -0.1) is 11.3 Å². The van der Waals surface area contributed by atoms with E-state index in [0.717, 1.165) is 30.2 Å². The summed E-state index contributed by atoms with van der Waals surface area (Å²) < 4.78 is 1.99. The summed E-state index contributed by atoms with van der Waals surface area (Å²) in [6, 6.07) is 13.4. The maximum atomic E-state index is 13.4. The highest BCUT2D eigenvalue weighted by Gasteiger charge is 2.42. The lowest BCUT2D eigenvalue weighted by molar-refractivity contribution is -0.120. The van der Waals surface area contributed by atoms with Crippen LogP contribution in [0.3, 0.4) is 0 Å². The fourth-order valence-electron chi connectivity index (χ4n) is 3.97. The van der Waals surface area contributed by atoms with Crippen molar-refractivity contribution in [2.75, 3.05) is 17.3 Å². The normalized spacial score (nSPS) is 13.8. The molecule has 0 fully saturated rings. The minimum Gasteiger partial charge on any atom is -0.323 e. The quantitative estimate of drug-likeness (QED) is 0.298. The fraction of sp³-hybridized carbons (Fsp3) is 0.160. The van der Waals surface area contributed by atoms with Crippen LogP contribution in [0.1, 0.15) is 27.1 Å². The predicted molar refractivity (Wildman–Crippen MR) is 143 cm³/mol. The predicted octanol–water partition coefficient (Wildman–Crippen LogP) is 5.48. The van der Waals surface area contributed by atoms with Crippen LogP contribution in [0.25, 0.3) is 20.8 Å². The SMILES string of the molecule is CSCCC(C(=O)Nc1cncc(-c2nc3cc(Br)ccc3s2)c1)N1C(=O)c2ccccc2C1=O. The number of rotatable bonds is 7. The average molecular weight is 567 g/mol. The van der Waals surface area contributed by atoms with Gasteiger partial charge in [0, 0.05) is 16.2 Å². The Balaban J connectivity index is 1.41. The molecular formula is C25H19BrN4O3S2. The summed E-state index contributed by atoms with van der Waals surface area (Å²) in [7, 11) is 0. The minimum absolute atomic E-state index is 0.325. The number of carbonyl (C=O) groups is 3. The summed E-state index contributed by atoms with van der Waals surface area (Å²) in [5.74, 6) is -0.704. The van der Waals surface area contributed by atoms with Crippen molar-refractivity contribution in [3.05, 3.63) is 76.5 Å². The van der Waals surface area contributed by atoms with Crippen LogP contribution < -0.4 is 5.32 Å². The van der Waals surface area contributed by atoms with Gasteiger partial charge in [-0.1, -0.05) is 28.1 Å². The molecule has 1 aliphatic rings. The molecule has 0 saturated heterocycles. The van der Waals surface area contributed by atoms with E-state index in [1.165, 1.54) is 11.3 Å². The van der Waals surface area contributed by atoms with E-state index in [4.69, 9.17) is 0 Å². The van der Waals surface area contributed by atoms with Gasteiger partial charge in [0.05, 0.1) is 33.2 Å². The Morgan fingerprint density at radius 1 is 1.11 bits per heavy atom. The number of nitrogens with one attached hydrogen (secondary N) is 1. The number of hydrogen-bond donors (Lipinski definition) is 1. The van der Waals surface area contributed by atoms with E-state index in [2.05, 4.69) is 31.2 Å². The van der Waals surface area contributed by atoms with Crippen LogP contribution in [0.5, 0.6) is 0 Å². The summed E-state index contributed by atoms with van der Waals surface area (Å²) in [5, 5.41) is 3.64. The summed E-state index contributed by atoms with van der Waals surface area (Å²) in [6.45, 7) is 0. The van der Waals surface area contributed by atoms with E-state index in [1.807, 2.05) is 24.5 Å². The number of thiazole rings is 1. The molecule has 3 amide bonds. The Bertz CT molecular complexity index is 1440. The zero-order chi connectivity index (χ0) is 24.5. The standard InChI is InChI=1S/C25H19BrN4O3S2/c1-34-9-8-20(30-24(32)17-4-2-3-5-18(17)25(30)33)22(31)28-16-10-14(12-27-13-16)23-29-19-11-15(26)6-7-21(19)35-23/h2-7,10-13,20H,8-9H2,1H3,(H,28,31). The molecule has 1 N–H and O–H groups in total. The first-order valence-electron chi connectivity index (χ1n) is 10.7. The summed E-state index contributed by atoms with van der Waals surface area (Å²) in [6.07, 6.45) is 5.50. The molecule has 0 aliphatic carbocycles. The number of nitrogens with zero attached hydrogens (tertiary/aromatic N) is 3. The summed E-state index contributed by atoms with van der Waals surface area (Å²) >= 11 is 6.55. The maximum absolute atomic E-state index is 13.4. The van der Waals surface area contributed by atoms with Crippen molar-refractivity contribution >= 4 is 72.7 Å². The van der Waals surface area contributed by atoms with Gasteiger partial charge in [-0.3, -0.25) is 24.3 Å². The highest BCUT2D eigenvalue weighted by molar-refractivity contribution is 9.10. The number of anilines is 1. The fourth-order valence-corrected chi connectivity index (χ4v) is 5.71. The molecule has 35 heavy (non-hydrogen) atoms. The lowest BCUT2D eigenvalue weighted by atomic mass is 10.1. The first kappa shape index (κ1) is 23.7. The number of aromatic nitrogens is 2. The largest absolute Gasteiger partial charge is 0.323 e. The molecule has 2 aromatic heterocycles. The molecule has 5 rings (SSSR count). The Kier molecular flexibility index (Phi) is 6.68. The van der Waals surface area contributed by atoms with Crippen LogP contribution in [-0.4, -0.2) is 50.6 Å². The second-order valence-electron chi connectivity index (χ2n) is 7.91. The van der Waals surface area contributed by atoms with Crippen LogP contribution in [0.15, 0.2) is 65.4 Å². The molecule has 2 aromatic carbocycles. The lowest BCUT2D eigenvalue weighted by Crippen LogP contribution is -2.47. The van der Waals surface area contributed by atoms with E-state index >= 15 is 0 Å². The molecule has 3 heterocycles. The van der Waals surface area contributed by atoms with Gasteiger partial charge in [0.2, 0.25) is 5.91 Å². The number of pyridine rings is 1. The van der Waals surface area contributed by atoms with Gasteiger partial charge in [-0.25, -0.2) is 4.98 Å². The number of thioether (sulfide) groups is 1. The number of halogens is 1.